The molecule has 2 bridgehead atoms. The van der Waals surface area contributed by atoms with Crippen LogP contribution in [0.15, 0.2) is 0 Å². The number of carbonyl (C=O) groups excluding carboxylic acids is 1. The van der Waals surface area contributed by atoms with E-state index in [1.165, 1.54) is 6.42 Å². The molecule has 1 N–H and O–H groups in total. The van der Waals surface area contributed by atoms with Crippen LogP contribution in [0.2, 0.25) is 0 Å². The Labute approximate surface area is 78.8 Å². The number of piperidine rings is 2. The van der Waals surface area contributed by atoms with Gasteiger partial charge in [0.1, 0.15) is 0 Å². The Hall–Kier alpha value is -0.570. The second-order valence-corrected chi connectivity index (χ2v) is 4.09. The van der Waals surface area contributed by atoms with Crippen LogP contribution in [0.5, 0.6) is 0 Å². The van der Waals surface area contributed by atoms with Crippen LogP contribution in [0.25, 0.3) is 0 Å². The first kappa shape index (κ1) is 9.00. The fraction of sp³-hybridized carbons (Fsp3) is 0.900. The van der Waals surface area contributed by atoms with Crippen LogP contribution < -0.4 is 5.32 Å². The molecule has 74 valence electrons. The highest BCUT2D eigenvalue weighted by molar-refractivity contribution is 5.69. The molecule has 3 aliphatic rings. The third-order valence-corrected chi connectivity index (χ3v) is 3.34. The minimum Gasteiger partial charge on any atom is -0.466 e. The van der Waals surface area contributed by atoms with Gasteiger partial charge < -0.3 is 10.1 Å². The normalized spacial score (nSPS) is 36.5. The van der Waals surface area contributed by atoms with Gasteiger partial charge in [0.15, 0.2) is 0 Å². The van der Waals surface area contributed by atoms with Gasteiger partial charge >= 0.3 is 5.97 Å². The van der Waals surface area contributed by atoms with Crippen LogP contribution in [0, 0.1) is 17.8 Å². The van der Waals surface area contributed by atoms with Crippen molar-refractivity contribution >= 4 is 5.97 Å². The number of nitrogens with one attached hydrogen (secondary N) is 1. The molecule has 2 aliphatic heterocycles. The van der Waals surface area contributed by atoms with Crippen molar-refractivity contribution in [3.63, 3.8) is 0 Å². The van der Waals surface area contributed by atoms with Crippen LogP contribution in [0.3, 0.4) is 0 Å². The molecule has 0 aromatic rings. The molecule has 0 aromatic heterocycles. The first-order valence-corrected chi connectivity index (χ1v) is 5.17. The highest BCUT2D eigenvalue weighted by atomic mass is 16.5. The molecule has 0 spiro atoms. The Morgan fingerprint density at radius 1 is 1.46 bits per heavy atom. The summed E-state index contributed by atoms with van der Waals surface area (Å²) in [7, 11) is 0. The maximum Gasteiger partial charge on any atom is 0.306 e. The Morgan fingerprint density at radius 3 is 2.69 bits per heavy atom. The second kappa shape index (κ2) is 3.66. The molecular weight excluding hydrogens is 166 g/mol. The average molecular weight is 183 g/mol. The van der Waals surface area contributed by atoms with Crippen LogP contribution in [0.1, 0.15) is 19.8 Å². The summed E-state index contributed by atoms with van der Waals surface area (Å²) in [4.78, 5) is 11.2. The quantitative estimate of drug-likeness (QED) is 0.658. The largest absolute Gasteiger partial charge is 0.466 e. The van der Waals surface area contributed by atoms with Crippen molar-refractivity contribution in [3.05, 3.63) is 0 Å². The van der Waals surface area contributed by atoms with Crippen molar-refractivity contribution in [3.8, 4) is 0 Å². The third-order valence-electron chi connectivity index (χ3n) is 3.34. The molecule has 3 rings (SSSR count). The van der Waals surface area contributed by atoms with Gasteiger partial charge in [0.05, 0.1) is 6.61 Å². The standard InChI is InChI=1S/C10H17NO2/c1-2-13-10(12)4-9-7-3-8(9)6-11-5-7/h7-9,11H,2-6H2,1H3/t7-,8+,9?. The van der Waals surface area contributed by atoms with Crippen LogP contribution in [-0.2, 0) is 9.53 Å². The van der Waals surface area contributed by atoms with E-state index >= 15 is 0 Å². The van der Waals surface area contributed by atoms with E-state index < -0.39 is 0 Å². The van der Waals surface area contributed by atoms with Crippen molar-refractivity contribution in [2.75, 3.05) is 19.7 Å². The molecule has 2 saturated heterocycles. The predicted octanol–water partition coefficient (Wildman–Crippen LogP) is 0.795. The van der Waals surface area contributed by atoms with Crippen molar-refractivity contribution in [2.24, 2.45) is 17.8 Å². The van der Waals surface area contributed by atoms with Gasteiger partial charge in [-0.25, -0.2) is 0 Å². The van der Waals surface area contributed by atoms with Gasteiger partial charge in [-0.2, -0.15) is 0 Å². The fourth-order valence-electron chi connectivity index (χ4n) is 2.60. The van der Waals surface area contributed by atoms with Crippen molar-refractivity contribution < 1.29 is 9.53 Å². The zero-order chi connectivity index (χ0) is 9.26. The minimum atomic E-state index is -0.0101. The number of carbonyl (C=O) groups is 1. The summed E-state index contributed by atoms with van der Waals surface area (Å²) in [5.41, 5.74) is 0. The monoisotopic (exact) mass is 183 g/mol. The lowest BCUT2D eigenvalue weighted by atomic mass is 9.61. The highest BCUT2D eigenvalue weighted by Gasteiger charge is 2.44. The van der Waals surface area contributed by atoms with E-state index in [0.29, 0.717) is 18.9 Å². The van der Waals surface area contributed by atoms with Crippen molar-refractivity contribution in [1.82, 2.24) is 5.32 Å². The molecule has 3 fully saturated rings. The zero-order valence-corrected chi connectivity index (χ0v) is 8.08. The zero-order valence-electron chi connectivity index (χ0n) is 8.08. The van der Waals surface area contributed by atoms with Gasteiger partial charge in [-0.15, -0.1) is 0 Å². The Kier molecular flexibility index (Phi) is 2.54. The Bertz CT molecular complexity index is 191. The van der Waals surface area contributed by atoms with E-state index in [1.807, 2.05) is 6.92 Å². The molecule has 3 heteroatoms. The molecule has 3 nitrogen and oxygen atoms in total. The van der Waals surface area contributed by atoms with Gasteiger partial charge in [0.25, 0.3) is 0 Å². The lowest BCUT2D eigenvalue weighted by Gasteiger charge is -2.49. The lowest BCUT2D eigenvalue weighted by Crippen LogP contribution is -2.53. The van der Waals surface area contributed by atoms with Gasteiger partial charge in [0.2, 0.25) is 0 Å². The number of ether oxygens (including phenoxy) is 1. The van der Waals surface area contributed by atoms with Gasteiger partial charge in [-0.3, -0.25) is 4.79 Å². The summed E-state index contributed by atoms with van der Waals surface area (Å²) in [5.74, 6) is 2.08. The van der Waals surface area contributed by atoms with Gasteiger partial charge in [0, 0.05) is 6.42 Å². The molecule has 3 atom stereocenters. The first-order chi connectivity index (χ1) is 6.31. The predicted molar refractivity (Wildman–Crippen MR) is 49.2 cm³/mol. The molecule has 2 heterocycles. The molecule has 0 radical (unpaired) electrons. The van der Waals surface area contributed by atoms with Gasteiger partial charge in [-0.05, 0) is 44.2 Å². The van der Waals surface area contributed by atoms with Crippen LogP contribution >= 0.6 is 0 Å². The second-order valence-electron chi connectivity index (χ2n) is 4.09. The van der Waals surface area contributed by atoms with E-state index in [1.54, 1.807) is 0 Å². The molecule has 0 amide bonds. The number of esters is 1. The highest BCUT2D eigenvalue weighted by Crippen LogP contribution is 2.44. The van der Waals surface area contributed by atoms with Crippen molar-refractivity contribution in [1.29, 1.82) is 0 Å². The molecule has 0 aromatic carbocycles. The number of rotatable bonds is 3. The summed E-state index contributed by atoms with van der Waals surface area (Å²) >= 11 is 0. The number of fused-ring (bicyclic) bond motifs is 2. The smallest absolute Gasteiger partial charge is 0.306 e. The molecule has 1 unspecified atom stereocenters. The Balaban J connectivity index is 1.79. The fourth-order valence-corrected chi connectivity index (χ4v) is 2.60. The maximum absolute atomic E-state index is 11.2. The maximum atomic E-state index is 11.2. The molecular formula is C10H17NO2. The van der Waals surface area contributed by atoms with E-state index in [0.717, 1.165) is 24.9 Å². The summed E-state index contributed by atoms with van der Waals surface area (Å²) in [5, 5.41) is 3.37. The molecule has 1 aliphatic carbocycles. The molecule has 1 saturated carbocycles. The third kappa shape index (κ3) is 1.70. The summed E-state index contributed by atoms with van der Waals surface area (Å²) in [6.45, 7) is 4.57. The van der Waals surface area contributed by atoms with E-state index in [2.05, 4.69) is 5.32 Å². The summed E-state index contributed by atoms with van der Waals surface area (Å²) in [6, 6.07) is 0. The average Bonchev–Trinajstić information content (AvgIpc) is 2.16. The van der Waals surface area contributed by atoms with E-state index in [4.69, 9.17) is 4.74 Å². The van der Waals surface area contributed by atoms with E-state index in [9.17, 15) is 4.79 Å². The minimum absolute atomic E-state index is 0.0101. The SMILES string of the molecule is CCOC(=O)CC1[C@@H]2CNC[C@H]1C2. The van der Waals surface area contributed by atoms with Crippen LogP contribution in [-0.4, -0.2) is 25.7 Å². The summed E-state index contributed by atoms with van der Waals surface area (Å²) < 4.78 is 4.95. The van der Waals surface area contributed by atoms with Crippen molar-refractivity contribution in [2.45, 2.75) is 19.8 Å². The lowest BCUT2D eigenvalue weighted by molar-refractivity contribution is -0.147. The Morgan fingerprint density at radius 2 is 2.15 bits per heavy atom. The number of hydrogen-bond donors (Lipinski definition) is 1. The van der Waals surface area contributed by atoms with Crippen LogP contribution in [0.4, 0.5) is 0 Å². The number of hydrogen-bond acceptors (Lipinski definition) is 3. The molecule has 13 heavy (non-hydrogen) atoms. The van der Waals surface area contributed by atoms with E-state index in [-0.39, 0.29) is 5.97 Å². The first-order valence-electron chi connectivity index (χ1n) is 5.17. The topological polar surface area (TPSA) is 38.3 Å². The summed E-state index contributed by atoms with van der Waals surface area (Å²) in [6.07, 6.45) is 1.96. The van der Waals surface area contributed by atoms with Gasteiger partial charge in [-0.1, -0.05) is 0 Å².